The fourth-order valence-electron chi connectivity index (χ4n) is 4.47. The van der Waals surface area contributed by atoms with Gasteiger partial charge in [0.25, 0.3) is 0 Å². The fourth-order valence-corrected chi connectivity index (χ4v) is 4.47. The minimum Gasteiger partial charge on any atom is -0.512 e. The summed E-state index contributed by atoms with van der Waals surface area (Å²) in [6.07, 6.45) is 3.00. The number of hydrogen-bond donors (Lipinski definition) is 1. The molecule has 35 heavy (non-hydrogen) atoms. The summed E-state index contributed by atoms with van der Waals surface area (Å²) in [5.74, 6) is 0.0470. The van der Waals surface area contributed by atoms with Crippen LogP contribution in [0, 0.1) is 26.8 Å². The van der Waals surface area contributed by atoms with E-state index in [0.717, 1.165) is 55.4 Å². The number of rotatable bonds is 2. The summed E-state index contributed by atoms with van der Waals surface area (Å²) in [6, 6.07) is 19.7. The van der Waals surface area contributed by atoms with Crippen molar-refractivity contribution >= 4 is 22.3 Å². The van der Waals surface area contributed by atoms with E-state index in [1.54, 1.807) is 0 Å². The van der Waals surface area contributed by atoms with E-state index in [0.29, 0.717) is 0 Å². The van der Waals surface area contributed by atoms with Crippen LogP contribution in [-0.4, -0.2) is 21.7 Å². The molecule has 0 amide bonds. The van der Waals surface area contributed by atoms with Crippen molar-refractivity contribution in [2.24, 2.45) is 0 Å². The number of pyridine rings is 1. The molecule has 0 saturated carbocycles. The Kier molecular flexibility index (Phi) is 7.84. The first kappa shape index (κ1) is 26.2. The van der Waals surface area contributed by atoms with Crippen molar-refractivity contribution < 1.29 is 34.8 Å². The molecular weight excluding hydrogens is 615 g/mol. The van der Waals surface area contributed by atoms with E-state index in [9.17, 15) is 9.59 Å². The Morgan fingerprint density at radius 2 is 1.60 bits per heavy atom. The quantitative estimate of drug-likeness (QED) is 0.130. The smallest absolute Gasteiger partial charge is 0.194 e. The molecule has 4 nitrogen and oxygen atoms in total. The van der Waals surface area contributed by atoms with Gasteiger partial charge in [0.1, 0.15) is 0 Å². The number of carbonyl (C=O) groups is 2. The molecule has 179 valence electrons. The molecule has 1 aliphatic carbocycles. The van der Waals surface area contributed by atoms with Crippen LogP contribution in [0.2, 0.25) is 0 Å². The maximum Gasteiger partial charge on any atom is 0.194 e. The van der Waals surface area contributed by atoms with Gasteiger partial charge >= 0.3 is 0 Å². The van der Waals surface area contributed by atoms with Gasteiger partial charge in [0.05, 0.1) is 5.76 Å². The SMILES string of the molecule is CC(=O)/C=C(/C)O.Cc1[c-]c(-c2nccc3c4c(ccc23)C(=O)c2ccc(C)cc2-4)cc(C)c1.[Ir]. The Labute approximate surface area is 219 Å². The molecule has 1 radical (unpaired) electrons. The van der Waals surface area contributed by atoms with Crippen molar-refractivity contribution in [1.82, 2.24) is 4.98 Å². The summed E-state index contributed by atoms with van der Waals surface area (Å²) in [7, 11) is 0. The van der Waals surface area contributed by atoms with Crippen LogP contribution in [0.5, 0.6) is 0 Å². The molecule has 0 saturated heterocycles. The molecule has 3 aromatic carbocycles. The normalized spacial score (nSPS) is 11.8. The molecule has 0 bridgehead atoms. The number of carbonyl (C=O) groups excluding carboxylic acids is 2. The van der Waals surface area contributed by atoms with Gasteiger partial charge in [0.2, 0.25) is 0 Å². The maximum atomic E-state index is 12.9. The van der Waals surface area contributed by atoms with Gasteiger partial charge in [-0.1, -0.05) is 49.7 Å². The van der Waals surface area contributed by atoms with E-state index >= 15 is 0 Å². The van der Waals surface area contributed by atoms with Gasteiger partial charge in [0, 0.05) is 49.1 Å². The Bertz CT molecular complexity index is 1480. The topological polar surface area (TPSA) is 67.3 Å². The fraction of sp³-hybridized carbons (Fsp3) is 0.167. The average molecular weight is 641 g/mol. The number of allylic oxidation sites excluding steroid dienone is 2. The summed E-state index contributed by atoms with van der Waals surface area (Å²) in [5, 5.41) is 10.5. The third kappa shape index (κ3) is 5.32. The number of aryl methyl sites for hydroxylation is 3. The molecule has 1 aliphatic rings. The first-order valence-corrected chi connectivity index (χ1v) is 11.1. The molecule has 0 unspecified atom stereocenters. The van der Waals surface area contributed by atoms with Crippen LogP contribution in [-0.2, 0) is 24.9 Å². The number of ketones is 2. The van der Waals surface area contributed by atoms with E-state index in [-0.39, 0.29) is 37.4 Å². The number of benzene rings is 3. The average Bonchev–Trinajstić information content (AvgIpc) is 3.04. The van der Waals surface area contributed by atoms with E-state index < -0.39 is 0 Å². The number of aliphatic hydroxyl groups excluding tert-OH is 1. The van der Waals surface area contributed by atoms with Crippen molar-refractivity contribution in [1.29, 1.82) is 0 Å². The zero-order valence-corrected chi connectivity index (χ0v) is 22.7. The van der Waals surface area contributed by atoms with Crippen molar-refractivity contribution in [2.75, 3.05) is 0 Å². The minimum atomic E-state index is -0.125. The largest absolute Gasteiger partial charge is 0.512 e. The second-order valence-corrected chi connectivity index (χ2v) is 8.77. The Morgan fingerprint density at radius 3 is 2.23 bits per heavy atom. The molecule has 5 heteroatoms. The molecule has 5 rings (SSSR count). The van der Waals surface area contributed by atoms with E-state index in [4.69, 9.17) is 5.11 Å². The van der Waals surface area contributed by atoms with Gasteiger partial charge < -0.3 is 10.1 Å². The third-order valence-corrected chi connectivity index (χ3v) is 5.69. The zero-order valence-electron chi connectivity index (χ0n) is 20.3. The molecular formula is C30H26IrNO3-. The van der Waals surface area contributed by atoms with Crippen LogP contribution in [0.15, 0.2) is 66.6 Å². The molecule has 1 heterocycles. The van der Waals surface area contributed by atoms with Crippen molar-refractivity contribution in [3.05, 3.63) is 100 Å². The zero-order chi connectivity index (χ0) is 24.6. The first-order valence-electron chi connectivity index (χ1n) is 11.1. The third-order valence-electron chi connectivity index (χ3n) is 5.69. The monoisotopic (exact) mass is 641 g/mol. The Morgan fingerprint density at radius 1 is 0.886 bits per heavy atom. The number of aromatic nitrogens is 1. The molecule has 4 aromatic rings. The van der Waals surface area contributed by atoms with Gasteiger partial charge in [0.15, 0.2) is 11.6 Å². The van der Waals surface area contributed by atoms with Crippen LogP contribution in [0.4, 0.5) is 0 Å². The van der Waals surface area contributed by atoms with Crippen LogP contribution >= 0.6 is 0 Å². The molecule has 1 aromatic heterocycles. The first-order chi connectivity index (χ1) is 16.2. The predicted octanol–water partition coefficient (Wildman–Crippen LogP) is 6.87. The number of aliphatic hydroxyl groups is 1. The number of hydrogen-bond acceptors (Lipinski definition) is 4. The van der Waals surface area contributed by atoms with E-state index in [1.807, 2.05) is 36.5 Å². The van der Waals surface area contributed by atoms with Crippen molar-refractivity contribution in [3.63, 3.8) is 0 Å². The van der Waals surface area contributed by atoms with Gasteiger partial charge in [-0.3, -0.25) is 9.59 Å². The summed E-state index contributed by atoms with van der Waals surface area (Å²) in [4.78, 5) is 27.5. The van der Waals surface area contributed by atoms with Gasteiger partial charge in [-0.15, -0.1) is 34.9 Å². The standard InChI is InChI=1S/C25H18NO.C5H8O2.Ir/c1-14-4-5-20-22(13-14)23-18-8-9-26-24(17-11-15(2)10-16(3)12-17)19(18)6-7-21(23)25(20)27;1-4(6)3-5(2)7;/h4-11,13H,1-3H3;3,6H,1-2H3;/q-1;;/b;4-3-;. The van der Waals surface area contributed by atoms with Crippen molar-refractivity contribution in [3.8, 4) is 22.4 Å². The van der Waals surface area contributed by atoms with Gasteiger partial charge in [-0.05, 0) is 48.9 Å². The van der Waals surface area contributed by atoms with Crippen LogP contribution < -0.4 is 0 Å². The Balaban J connectivity index is 0.000000378. The predicted molar refractivity (Wildman–Crippen MR) is 136 cm³/mol. The second-order valence-electron chi connectivity index (χ2n) is 8.77. The minimum absolute atomic E-state index is 0. The van der Waals surface area contributed by atoms with Crippen LogP contribution in [0.25, 0.3) is 33.2 Å². The van der Waals surface area contributed by atoms with E-state index in [1.165, 1.54) is 25.5 Å². The summed E-state index contributed by atoms with van der Waals surface area (Å²) in [6.45, 7) is 9.05. The van der Waals surface area contributed by atoms with Crippen LogP contribution in [0.3, 0.4) is 0 Å². The summed E-state index contributed by atoms with van der Waals surface area (Å²) in [5.41, 5.74) is 8.99. The second kappa shape index (κ2) is 10.5. The molecule has 0 aliphatic heterocycles. The van der Waals surface area contributed by atoms with Crippen LogP contribution in [0.1, 0.15) is 46.5 Å². The number of fused-ring (bicyclic) bond motifs is 5. The van der Waals surface area contributed by atoms with Gasteiger partial charge in [-0.2, -0.15) is 0 Å². The molecule has 0 fully saturated rings. The van der Waals surface area contributed by atoms with Crippen molar-refractivity contribution in [2.45, 2.75) is 34.6 Å². The molecule has 0 spiro atoms. The van der Waals surface area contributed by atoms with Gasteiger partial charge in [-0.25, -0.2) is 0 Å². The molecule has 0 atom stereocenters. The Hall–Kier alpha value is -3.40. The summed E-state index contributed by atoms with van der Waals surface area (Å²) >= 11 is 0. The maximum absolute atomic E-state index is 12.9. The summed E-state index contributed by atoms with van der Waals surface area (Å²) < 4.78 is 0. The number of nitrogens with zero attached hydrogens (tertiary/aromatic N) is 1. The molecule has 1 N–H and O–H groups in total. The van der Waals surface area contributed by atoms with E-state index in [2.05, 4.69) is 50.0 Å².